The molecule has 0 saturated carbocycles. The number of hydrogen-bond acceptors (Lipinski definition) is 3. The van der Waals surface area contributed by atoms with Gasteiger partial charge in [-0.25, -0.2) is 4.79 Å². The van der Waals surface area contributed by atoms with Gasteiger partial charge in [0, 0.05) is 0 Å². The van der Waals surface area contributed by atoms with E-state index in [1.165, 1.54) is 0 Å². The van der Waals surface area contributed by atoms with Gasteiger partial charge in [-0.05, 0) is 35.0 Å². The highest BCUT2D eigenvalue weighted by Gasteiger charge is 2.01. The quantitative estimate of drug-likeness (QED) is 0.872. The molecule has 0 saturated heterocycles. The summed E-state index contributed by atoms with van der Waals surface area (Å²) >= 11 is 0. The molecule has 0 heterocycles. The third-order valence-electron chi connectivity index (χ3n) is 2.30. The Hall–Kier alpha value is -2.54. The molecule has 2 aromatic carbocycles. The average molecular weight is 227 g/mol. The summed E-state index contributed by atoms with van der Waals surface area (Å²) in [5.41, 5.74) is 0.594. The van der Waals surface area contributed by atoms with Crippen LogP contribution in [0.25, 0.3) is 10.8 Å². The van der Waals surface area contributed by atoms with E-state index in [9.17, 15) is 4.79 Å². The maximum atomic E-state index is 10.4. The van der Waals surface area contributed by atoms with E-state index in [1.807, 2.05) is 6.07 Å². The number of carbonyl (C=O) groups is 1. The van der Waals surface area contributed by atoms with Crippen molar-refractivity contribution in [2.45, 2.75) is 0 Å². The molecule has 4 nitrogen and oxygen atoms in total. The Balaban J connectivity index is 2.32. The van der Waals surface area contributed by atoms with Crippen LogP contribution in [0.1, 0.15) is 5.56 Å². The van der Waals surface area contributed by atoms with Gasteiger partial charge < -0.3 is 9.84 Å². The van der Waals surface area contributed by atoms with Crippen molar-refractivity contribution in [3.05, 3.63) is 42.0 Å². The second-order valence-electron chi connectivity index (χ2n) is 3.52. The van der Waals surface area contributed by atoms with Gasteiger partial charge in [0.05, 0.1) is 11.6 Å². The molecule has 0 radical (unpaired) electrons. The normalized spacial score (nSPS) is 9.82. The number of hydrogen-bond donors (Lipinski definition) is 1. The molecule has 17 heavy (non-hydrogen) atoms. The number of benzene rings is 2. The van der Waals surface area contributed by atoms with Gasteiger partial charge in [0.2, 0.25) is 0 Å². The molecule has 4 heteroatoms. The molecule has 0 bridgehead atoms. The van der Waals surface area contributed by atoms with E-state index in [1.54, 1.807) is 30.3 Å². The molecule has 2 aromatic rings. The lowest BCUT2D eigenvalue weighted by Crippen LogP contribution is -2.09. The molecule has 0 atom stereocenters. The highest BCUT2D eigenvalue weighted by Crippen LogP contribution is 2.21. The third kappa shape index (κ3) is 2.52. The number of carboxylic acids is 1. The lowest BCUT2D eigenvalue weighted by atomic mass is 10.1. The number of aliphatic carboxylic acids is 1. The minimum absolute atomic E-state index is 0.359. The molecule has 0 unspecified atom stereocenters. The predicted octanol–water partition coefficient (Wildman–Crippen LogP) is 2.17. The standard InChI is InChI=1S/C13H9NO3/c14-7-9-1-2-11-6-12(17-8-13(15)16)4-3-10(11)5-9/h1-6H,8H2,(H,15,16). The summed E-state index contributed by atoms with van der Waals surface area (Å²) in [7, 11) is 0. The maximum Gasteiger partial charge on any atom is 0.341 e. The number of fused-ring (bicyclic) bond motifs is 1. The van der Waals surface area contributed by atoms with Crippen molar-refractivity contribution in [1.29, 1.82) is 5.26 Å². The van der Waals surface area contributed by atoms with Gasteiger partial charge in [-0.1, -0.05) is 12.1 Å². The zero-order valence-electron chi connectivity index (χ0n) is 8.88. The van der Waals surface area contributed by atoms with E-state index >= 15 is 0 Å². The Morgan fingerprint density at radius 1 is 1.24 bits per heavy atom. The smallest absolute Gasteiger partial charge is 0.341 e. The van der Waals surface area contributed by atoms with Crippen LogP contribution in [0, 0.1) is 11.3 Å². The Bertz CT molecular complexity index is 614. The SMILES string of the molecule is N#Cc1ccc2cc(OCC(=O)O)ccc2c1. The lowest BCUT2D eigenvalue weighted by Gasteiger charge is -2.04. The average Bonchev–Trinajstić information content (AvgIpc) is 2.35. The summed E-state index contributed by atoms with van der Waals surface area (Å²) in [5.74, 6) is -0.505. The first-order valence-electron chi connectivity index (χ1n) is 4.97. The zero-order valence-corrected chi connectivity index (χ0v) is 8.88. The van der Waals surface area contributed by atoms with Gasteiger partial charge in [0.15, 0.2) is 6.61 Å². The van der Waals surface area contributed by atoms with Crippen molar-refractivity contribution >= 4 is 16.7 Å². The highest BCUT2D eigenvalue weighted by atomic mass is 16.5. The van der Waals surface area contributed by atoms with Crippen molar-refractivity contribution < 1.29 is 14.6 Å². The summed E-state index contributed by atoms with van der Waals surface area (Å²) in [6.07, 6.45) is 0. The number of rotatable bonds is 3. The Kier molecular flexibility index (Phi) is 2.93. The van der Waals surface area contributed by atoms with Crippen molar-refractivity contribution in [2.75, 3.05) is 6.61 Å². The first-order valence-corrected chi connectivity index (χ1v) is 4.97. The van der Waals surface area contributed by atoms with Gasteiger partial charge in [-0.15, -0.1) is 0 Å². The minimum Gasteiger partial charge on any atom is -0.482 e. The topological polar surface area (TPSA) is 70.3 Å². The van der Waals surface area contributed by atoms with E-state index in [-0.39, 0.29) is 6.61 Å². The summed E-state index contributed by atoms with van der Waals surface area (Å²) in [6, 6.07) is 12.6. The fraction of sp³-hybridized carbons (Fsp3) is 0.0769. The van der Waals surface area contributed by atoms with Crippen LogP contribution >= 0.6 is 0 Å². The van der Waals surface area contributed by atoms with Crippen LogP contribution in [0.4, 0.5) is 0 Å². The zero-order chi connectivity index (χ0) is 12.3. The first-order chi connectivity index (χ1) is 8.19. The monoisotopic (exact) mass is 227 g/mol. The molecule has 2 rings (SSSR count). The summed E-state index contributed by atoms with van der Waals surface area (Å²) in [6.45, 7) is -0.359. The molecule has 0 aliphatic carbocycles. The molecule has 0 fully saturated rings. The number of nitriles is 1. The number of ether oxygens (including phenoxy) is 1. The van der Waals surface area contributed by atoms with Crippen LogP contribution in [0.2, 0.25) is 0 Å². The van der Waals surface area contributed by atoms with Crippen LogP contribution in [0.3, 0.4) is 0 Å². The van der Waals surface area contributed by atoms with Gasteiger partial charge in [0.1, 0.15) is 5.75 Å². The van der Waals surface area contributed by atoms with Crippen molar-refractivity contribution in [3.63, 3.8) is 0 Å². The number of carboxylic acid groups (broad SMARTS) is 1. The largest absolute Gasteiger partial charge is 0.482 e. The summed E-state index contributed by atoms with van der Waals surface area (Å²) in [5, 5.41) is 19.1. The van der Waals surface area contributed by atoms with E-state index in [0.29, 0.717) is 11.3 Å². The maximum absolute atomic E-state index is 10.4. The molecule has 0 aliphatic heterocycles. The molecule has 84 valence electrons. The van der Waals surface area contributed by atoms with Gasteiger partial charge in [-0.2, -0.15) is 5.26 Å². The van der Waals surface area contributed by atoms with Crippen LogP contribution in [0.5, 0.6) is 5.75 Å². The molecular formula is C13H9NO3. The van der Waals surface area contributed by atoms with Gasteiger partial charge >= 0.3 is 5.97 Å². The Morgan fingerprint density at radius 2 is 1.94 bits per heavy atom. The Labute approximate surface area is 97.7 Å². The summed E-state index contributed by atoms with van der Waals surface area (Å²) in [4.78, 5) is 10.4. The van der Waals surface area contributed by atoms with E-state index in [2.05, 4.69) is 6.07 Å². The number of nitrogens with zero attached hydrogens (tertiary/aromatic N) is 1. The van der Waals surface area contributed by atoms with Crippen molar-refractivity contribution in [1.82, 2.24) is 0 Å². The second-order valence-corrected chi connectivity index (χ2v) is 3.52. The van der Waals surface area contributed by atoms with Gasteiger partial charge in [-0.3, -0.25) is 0 Å². The highest BCUT2D eigenvalue weighted by molar-refractivity contribution is 5.85. The Morgan fingerprint density at radius 3 is 2.65 bits per heavy atom. The summed E-state index contributed by atoms with van der Waals surface area (Å²) < 4.78 is 5.07. The molecule has 0 aromatic heterocycles. The fourth-order valence-corrected chi connectivity index (χ4v) is 1.53. The van der Waals surface area contributed by atoms with Gasteiger partial charge in [0.25, 0.3) is 0 Å². The van der Waals surface area contributed by atoms with Crippen molar-refractivity contribution in [2.24, 2.45) is 0 Å². The molecule has 1 N–H and O–H groups in total. The van der Waals surface area contributed by atoms with Crippen LogP contribution in [0.15, 0.2) is 36.4 Å². The molecule has 0 amide bonds. The fourth-order valence-electron chi connectivity index (χ4n) is 1.53. The predicted molar refractivity (Wildman–Crippen MR) is 61.8 cm³/mol. The first kappa shape index (κ1) is 11.0. The lowest BCUT2D eigenvalue weighted by molar-refractivity contribution is -0.139. The van der Waals surface area contributed by atoms with Crippen LogP contribution < -0.4 is 4.74 Å². The van der Waals surface area contributed by atoms with E-state index in [4.69, 9.17) is 15.1 Å². The third-order valence-corrected chi connectivity index (χ3v) is 2.30. The second kappa shape index (κ2) is 4.54. The molecule has 0 spiro atoms. The van der Waals surface area contributed by atoms with Crippen molar-refractivity contribution in [3.8, 4) is 11.8 Å². The minimum atomic E-state index is -1.01. The van der Waals surface area contributed by atoms with E-state index < -0.39 is 5.97 Å². The van der Waals surface area contributed by atoms with Crippen LogP contribution in [-0.4, -0.2) is 17.7 Å². The van der Waals surface area contributed by atoms with Crippen LogP contribution in [-0.2, 0) is 4.79 Å². The molecular weight excluding hydrogens is 218 g/mol. The molecule has 0 aliphatic rings. The van der Waals surface area contributed by atoms with E-state index in [0.717, 1.165) is 10.8 Å².